The number of halogens is 1. The van der Waals surface area contributed by atoms with E-state index in [1.165, 1.54) is 12.3 Å². The summed E-state index contributed by atoms with van der Waals surface area (Å²) in [4.78, 5) is 3.97. The number of aromatic nitrogens is 1. The van der Waals surface area contributed by atoms with Gasteiger partial charge in [-0.2, -0.15) is 0 Å². The third kappa shape index (κ3) is 2.19. The number of nitrogens with zero attached hydrogens (tertiary/aromatic N) is 1. The van der Waals surface area contributed by atoms with Crippen LogP contribution in [0, 0.1) is 5.82 Å². The first-order chi connectivity index (χ1) is 7.29. The Bertz CT molecular complexity index is 453. The summed E-state index contributed by atoms with van der Waals surface area (Å²) >= 11 is 0. The average Bonchev–Trinajstić information content (AvgIpc) is 2.30. The number of hydrogen-bond donors (Lipinski definition) is 1. The van der Waals surface area contributed by atoms with E-state index < -0.39 is 0 Å². The molecule has 0 saturated heterocycles. The minimum absolute atomic E-state index is 0.00493. The van der Waals surface area contributed by atoms with E-state index in [9.17, 15) is 4.39 Å². The van der Waals surface area contributed by atoms with Crippen LogP contribution in [-0.2, 0) is 6.61 Å². The van der Waals surface area contributed by atoms with Crippen LogP contribution >= 0.6 is 0 Å². The lowest BCUT2D eigenvalue weighted by atomic mass is 10.1. The first-order valence-corrected chi connectivity index (χ1v) is 4.61. The molecule has 0 aliphatic rings. The van der Waals surface area contributed by atoms with Crippen molar-refractivity contribution in [3.05, 3.63) is 54.0 Å². The molecule has 2 nitrogen and oxygen atoms in total. The standard InChI is InChI=1S/C12H10FNO/c13-11-4-5-12(14-7-11)10-3-1-2-9(6-10)8-15/h1-7,15H,8H2. The SMILES string of the molecule is OCc1cccc(-c2ccc(F)cn2)c1. The summed E-state index contributed by atoms with van der Waals surface area (Å²) in [5, 5.41) is 8.97. The highest BCUT2D eigenvalue weighted by Gasteiger charge is 2.00. The van der Waals surface area contributed by atoms with Crippen molar-refractivity contribution >= 4 is 0 Å². The summed E-state index contributed by atoms with van der Waals surface area (Å²) < 4.78 is 12.6. The Balaban J connectivity index is 2.40. The lowest BCUT2D eigenvalue weighted by Crippen LogP contribution is -1.87. The fourth-order valence-electron chi connectivity index (χ4n) is 1.38. The van der Waals surface area contributed by atoms with Crippen molar-refractivity contribution in [2.45, 2.75) is 6.61 Å². The second-order valence-electron chi connectivity index (χ2n) is 3.22. The molecule has 0 fully saturated rings. The van der Waals surface area contributed by atoms with Crippen molar-refractivity contribution in [1.82, 2.24) is 4.98 Å². The molecule has 1 aromatic carbocycles. The molecule has 0 bridgehead atoms. The molecular weight excluding hydrogens is 193 g/mol. The van der Waals surface area contributed by atoms with Gasteiger partial charge in [-0.1, -0.05) is 18.2 Å². The Hall–Kier alpha value is -1.74. The second kappa shape index (κ2) is 4.19. The van der Waals surface area contributed by atoms with Crippen LogP contribution in [0.15, 0.2) is 42.6 Å². The molecule has 2 aromatic rings. The Kier molecular flexibility index (Phi) is 2.74. The van der Waals surface area contributed by atoms with E-state index in [-0.39, 0.29) is 12.4 Å². The molecule has 1 aromatic heterocycles. The summed E-state index contributed by atoms with van der Waals surface area (Å²) in [5.74, 6) is -0.350. The predicted octanol–water partition coefficient (Wildman–Crippen LogP) is 2.38. The zero-order chi connectivity index (χ0) is 10.7. The van der Waals surface area contributed by atoms with E-state index in [0.29, 0.717) is 5.69 Å². The molecule has 76 valence electrons. The average molecular weight is 203 g/mol. The van der Waals surface area contributed by atoms with Crippen molar-refractivity contribution in [3.8, 4) is 11.3 Å². The lowest BCUT2D eigenvalue weighted by molar-refractivity contribution is 0.282. The first kappa shape index (κ1) is 9.80. The number of benzene rings is 1. The zero-order valence-corrected chi connectivity index (χ0v) is 8.02. The van der Waals surface area contributed by atoms with Gasteiger partial charge < -0.3 is 5.11 Å². The third-order valence-corrected chi connectivity index (χ3v) is 2.13. The molecule has 0 atom stereocenters. The van der Waals surface area contributed by atoms with Crippen molar-refractivity contribution in [1.29, 1.82) is 0 Å². The van der Waals surface area contributed by atoms with Crippen LogP contribution in [0.5, 0.6) is 0 Å². The smallest absolute Gasteiger partial charge is 0.141 e. The summed E-state index contributed by atoms with van der Waals surface area (Å²) in [5.41, 5.74) is 2.40. The summed E-state index contributed by atoms with van der Waals surface area (Å²) in [6, 6.07) is 10.4. The monoisotopic (exact) mass is 203 g/mol. The summed E-state index contributed by atoms with van der Waals surface area (Å²) in [6.45, 7) is -0.00493. The Morgan fingerprint density at radius 1 is 1.20 bits per heavy atom. The topological polar surface area (TPSA) is 33.1 Å². The molecule has 0 saturated carbocycles. The Morgan fingerprint density at radius 2 is 2.07 bits per heavy atom. The van der Waals surface area contributed by atoms with E-state index in [1.54, 1.807) is 6.07 Å². The van der Waals surface area contributed by atoms with E-state index in [1.807, 2.05) is 24.3 Å². The zero-order valence-electron chi connectivity index (χ0n) is 8.02. The molecular formula is C12H10FNO. The molecule has 15 heavy (non-hydrogen) atoms. The molecule has 0 spiro atoms. The highest BCUT2D eigenvalue weighted by atomic mass is 19.1. The van der Waals surface area contributed by atoms with Gasteiger partial charge in [0.05, 0.1) is 18.5 Å². The maximum absolute atomic E-state index is 12.6. The number of aliphatic hydroxyl groups excluding tert-OH is 1. The van der Waals surface area contributed by atoms with Crippen LogP contribution in [0.1, 0.15) is 5.56 Å². The number of aliphatic hydroxyl groups is 1. The fourth-order valence-corrected chi connectivity index (χ4v) is 1.38. The third-order valence-electron chi connectivity index (χ3n) is 2.13. The number of rotatable bonds is 2. The molecule has 1 N–H and O–H groups in total. The van der Waals surface area contributed by atoms with Gasteiger partial charge in [0.25, 0.3) is 0 Å². The molecule has 0 aliphatic carbocycles. The van der Waals surface area contributed by atoms with Gasteiger partial charge in [-0.15, -0.1) is 0 Å². The van der Waals surface area contributed by atoms with Crippen LogP contribution in [0.3, 0.4) is 0 Å². The highest BCUT2D eigenvalue weighted by Crippen LogP contribution is 2.18. The van der Waals surface area contributed by atoms with Gasteiger partial charge in [-0.3, -0.25) is 4.98 Å². The minimum Gasteiger partial charge on any atom is -0.392 e. The predicted molar refractivity (Wildman–Crippen MR) is 55.6 cm³/mol. The second-order valence-corrected chi connectivity index (χ2v) is 3.22. The number of pyridine rings is 1. The molecule has 3 heteroatoms. The summed E-state index contributed by atoms with van der Waals surface area (Å²) in [7, 11) is 0. The van der Waals surface area contributed by atoms with Crippen LogP contribution in [0.25, 0.3) is 11.3 Å². The van der Waals surface area contributed by atoms with Gasteiger partial charge in [0.15, 0.2) is 0 Å². The molecule has 0 amide bonds. The Labute approximate surface area is 87.0 Å². The quantitative estimate of drug-likeness (QED) is 0.812. The lowest BCUT2D eigenvalue weighted by Gasteiger charge is -2.02. The fraction of sp³-hybridized carbons (Fsp3) is 0.0833. The van der Waals surface area contributed by atoms with Gasteiger partial charge in [-0.25, -0.2) is 4.39 Å². The van der Waals surface area contributed by atoms with E-state index >= 15 is 0 Å². The van der Waals surface area contributed by atoms with Gasteiger partial charge in [-0.05, 0) is 23.8 Å². The van der Waals surface area contributed by atoms with Crippen LogP contribution < -0.4 is 0 Å². The molecule has 0 aliphatic heterocycles. The van der Waals surface area contributed by atoms with Gasteiger partial charge in [0.1, 0.15) is 5.82 Å². The van der Waals surface area contributed by atoms with Crippen molar-refractivity contribution in [2.24, 2.45) is 0 Å². The first-order valence-electron chi connectivity index (χ1n) is 4.61. The van der Waals surface area contributed by atoms with Gasteiger partial charge in [0, 0.05) is 5.56 Å². The minimum atomic E-state index is -0.350. The van der Waals surface area contributed by atoms with E-state index in [4.69, 9.17) is 5.11 Å². The van der Waals surface area contributed by atoms with Crippen molar-refractivity contribution in [2.75, 3.05) is 0 Å². The molecule has 0 radical (unpaired) electrons. The van der Waals surface area contributed by atoms with Crippen LogP contribution in [-0.4, -0.2) is 10.1 Å². The van der Waals surface area contributed by atoms with Gasteiger partial charge >= 0.3 is 0 Å². The van der Waals surface area contributed by atoms with Crippen LogP contribution in [0.4, 0.5) is 4.39 Å². The van der Waals surface area contributed by atoms with Crippen LogP contribution in [0.2, 0.25) is 0 Å². The van der Waals surface area contributed by atoms with E-state index in [0.717, 1.165) is 11.1 Å². The molecule has 2 rings (SSSR count). The highest BCUT2D eigenvalue weighted by molar-refractivity contribution is 5.59. The molecule has 1 heterocycles. The van der Waals surface area contributed by atoms with E-state index in [2.05, 4.69) is 4.98 Å². The van der Waals surface area contributed by atoms with Gasteiger partial charge in [0.2, 0.25) is 0 Å². The molecule has 0 unspecified atom stereocenters. The normalized spacial score (nSPS) is 10.3. The Morgan fingerprint density at radius 3 is 2.73 bits per heavy atom. The number of hydrogen-bond acceptors (Lipinski definition) is 2. The maximum Gasteiger partial charge on any atom is 0.141 e. The maximum atomic E-state index is 12.6. The van der Waals surface area contributed by atoms with Crippen molar-refractivity contribution < 1.29 is 9.50 Å². The van der Waals surface area contributed by atoms with Crippen molar-refractivity contribution in [3.63, 3.8) is 0 Å². The largest absolute Gasteiger partial charge is 0.392 e. The summed E-state index contributed by atoms with van der Waals surface area (Å²) in [6.07, 6.45) is 1.18.